The summed E-state index contributed by atoms with van der Waals surface area (Å²) in [6.45, 7) is 2.91. The van der Waals surface area contributed by atoms with Crippen molar-refractivity contribution in [1.29, 1.82) is 0 Å². The summed E-state index contributed by atoms with van der Waals surface area (Å²) in [7, 11) is 2.03. The van der Waals surface area contributed by atoms with Crippen LogP contribution in [0.4, 0.5) is 11.4 Å². The number of rotatable bonds is 3. The van der Waals surface area contributed by atoms with Gasteiger partial charge in [0.1, 0.15) is 6.17 Å². The first-order valence-corrected chi connectivity index (χ1v) is 10.2. The van der Waals surface area contributed by atoms with Gasteiger partial charge >= 0.3 is 0 Å². The molecule has 1 fully saturated rings. The quantitative estimate of drug-likeness (QED) is 0.868. The second-order valence-electron chi connectivity index (χ2n) is 7.68. The predicted molar refractivity (Wildman–Crippen MR) is 112 cm³/mol. The molecule has 28 heavy (non-hydrogen) atoms. The van der Waals surface area contributed by atoms with Gasteiger partial charge in [-0.05, 0) is 61.6 Å². The van der Waals surface area contributed by atoms with Gasteiger partial charge in [-0.25, -0.2) is 0 Å². The Morgan fingerprint density at radius 3 is 2.64 bits per heavy atom. The van der Waals surface area contributed by atoms with Gasteiger partial charge in [0, 0.05) is 24.8 Å². The van der Waals surface area contributed by atoms with E-state index in [0.717, 1.165) is 50.0 Å². The molecule has 2 amide bonds. The van der Waals surface area contributed by atoms with Crippen molar-refractivity contribution in [1.82, 2.24) is 4.90 Å². The molecule has 5 heteroatoms. The molecule has 1 N–H and O–H groups in total. The van der Waals surface area contributed by atoms with Crippen LogP contribution in [0.25, 0.3) is 0 Å². The molecule has 2 aromatic carbocycles. The van der Waals surface area contributed by atoms with Crippen LogP contribution in [0.1, 0.15) is 58.9 Å². The zero-order valence-corrected chi connectivity index (χ0v) is 16.6. The first-order valence-electron chi connectivity index (χ1n) is 10.2. The van der Waals surface area contributed by atoms with Crippen LogP contribution >= 0.6 is 0 Å². The Kier molecular flexibility index (Phi) is 5.07. The summed E-state index contributed by atoms with van der Waals surface area (Å²) in [5.74, 6) is -0.0710. The lowest BCUT2D eigenvalue weighted by molar-refractivity contribution is 0.0661. The normalized spacial score (nSPS) is 18.9. The number of amides is 2. The molecule has 5 nitrogen and oxygen atoms in total. The lowest BCUT2D eigenvalue weighted by Gasteiger charge is -2.43. The first kappa shape index (κ1) is 18.5. The van der Waals surface area contributed by atoms with Gasteiger partial charge in [0.15, 0.2) is 0 Å². The fourth-order valence-corrected chi connectivity index (χ4v) is 4.22. The highest BCUT2D eigenvalue weighted by Crippen LogP contribution is 2.34. The van der Waals surface area contributed by atoms with Crippen LogP contribution < -0.4 is 10.2 Å². The highest BCUT2D eigenvalue weighted by molar-refractivity contribution is 6.08. The molecule has 4 rings (SSSR count). The second-order valence-corrected chi connectivity index (χ2v) is 7.68. The van der Waals surface area contributed by atoms with Gasteiger partial charge in [0.2, 0.25) is 0 Å². The third-order valence-corrected chi connectivity index (χ3v) is 5.92. The summed E-state index contributed by atoms with van der Waals surface area (Å²) >= 11 is 0. The number of hydrogen-bond donors (Lipinski definition) is 1. The van der Waals surface area contributed by atoms with E-state index in [0.29, 0.717) is 11.1 Å². The zero-order valence-electron chi connectivity index (χ0n) is 16.6. The molecule has 0 radical (unpaired) electrons. The van der Waals surface area contributed by atoms with E-state index < -0.39 is 0 Å². The summed E-state index contributed by atoms with van der Waals surface area (Å²) in [6, 6.07) is 13.3. The van der Waals surface area contributed by atoms with Gasteiger partial charge < -0.3 is 15.1 Å². The predicted octanol–water partition coefficient (Wildman–Crippen LogP) is 4.29. The number of benzene rings is 2. The van der Waals surface area contributed by atoms with Crippen LogP contribution in [0.5, 0.6) is 0 Å². The molecule has 0 saturated carbocycles. The number of fused-ring (bicyclic) bond motifs is 2. The van der Waals surface area contributed by atoms with Crippen LogP contribution in [0.15, 0.2) is 42.5 Å². The second kappa shape index (κ2) is 7.66. The third-order valence-electron chi connectivity index (χ3n) is 5.92. The number of carbonyl (C=O) groups is 2. The lowest BCUT2D eigenvalue weighted by atomic mass is 10.0. The minimum atomic E-state index is -0.156. The summed E-state index contributed by atoms with van der Waals surface area (Å²) in [5.41, 5.74) is 4.12. The molecule has 2 aromatic rings. The number of nitrogens with one attached hydrogen (secondary N) is 1. The maximum absolute atomic E-state index is 13.0. The van der Waals surface area contributed by atoms with Crippen LogP contribution in [0.2, 0.25) is 0 Å². The van der Waals surface area contributed by atoms with Gasteiger partial charge in [-0.1, -0.05) is 25.5 Å². The van der Waals surface area contributed by atoms with E-state index in [1.165, 1.54) is 5.56 Å². The van der Waals surface area contributed by atoms with Crippen molar-refractivity contribution in [3.8, 4) is 0 Å². The molecule has 1 atom stereocenters. The van der Waals surface area contributed by atoms with Crippen LogP contribution in [-0.4, -0.2) is 36.5 Å². The molecule has 0 spiro atoms. The Bertz CT molecular complexity index is 891. The van der Waals surface area contributed by atoms with E-state index in [2.05, 4.69) is 17.1 Å². The number of carbonyl (C=O) groups excluding carboxylic acids is 2. The van der Waals surface area contributed by atoms with Crippen LogP contribution in [-0.2, 0) is 6.42 Å². The molecular formula is C23H27N3O2. The minimum Gasteiger partial charge on any atom is -0.354 e. The van der Waals surface area contributed by atoms with Gasteiger partial charge in [-0.3, -0.25) is 9.59 Å². The Hall–Kier alpha value is -2.82. The summed E-state index contributed by atoms with van der Waals surface area (Å²) in [4.78, 5) is 29.9. The molecule has 146 valence electrons. The van der Waals surface area contributed by atoms with E-state index in [9.17, 15) is 9.59 Å². The van der Waals surface area contributed by atoms with E-state index in [4.69, 9.17) is 0 Å². The number of nitrogens with zero attached hydrogens (tertiary/aromatic N) is 2. The Balaban J connectivity index is 1.59. The Labute approximate surface area is 166 Å². The van der Waals surface area contributed by atoms with Crippen molar-refractivity contribution in [3.05, 3.63) is 59.2 Å². The van der Waals surface area contributed by atoms with E-state index in [-0.39, 0.29) is 18.0 Å². The van der Waals surface area contributed by atoms with Gasteiger partial charge in [0.25, 0.3) is 11.8 Å². The zero-order chi connectivity index (χ0) is 19.7. The molecule has 2 heterocycles. The average Bonchev–Trinajstić information content (AvgIpc) is 2.98. The smallest absolute Gasteiger partial charge is 0.257 e. The molecule has 0 aromatic heterocycles. The molecule has 0 aliphatic carbocycles. The molecule has 2 aliphatic rings. The average molecular weight is 377 g/mol. The SMILES string of the molecule is CCc1ccc(NC(=O)c2ccc3c(c2)N(C)[C@H]2CCCCCN2C3=O)cc1. The summed E-state index contributed by atoms with van der Waals surface area (Å²) < 4.78 is 0. The topological polar surface area (TPSA) is 52.7 Å². The lowest BCUT2D eigenvalue weighted by Crippen LogP contribution is -2.53. The van der Waals surface area contributed by atoms with Crippen molar-refractivity contribution < 1.29 is 9.59 Å². The van der Waals surface area contributed by atoms with Gasteiger partial charge in [-0.15, -0.1) is 0 Å². The van der Waals surface area contributed by atoms with Crippen LogP contribution in [0.3, 0.4) is 0 Å². The fraction of sp³-hybridized carbons (Fsp3) is 0.391. The summed E-state index contributed by atoms with van der Waals surface area (Å²) in [6.07, 6.45) is 5.38. The fourth-order valence-electron chi connectivity index (χ4n) is 4.22. The molecule has 0 bridgehead atoms. The largest absolute Gasteiger partial charge is 0.354 e. The monoisotopic (exact) mass is 377 g/mol. The number of anilines is 2. The summed E-state index contributed by atoms with van der Waals surface area (Å²) in [5, 5.41) is 2.96. The highest BCUT2D eigenvalue weighted by atomic mass is 16.2. The van der Waals surface area contributed by atoms with Crippen molar-refractivity contribution in [2.75, 3.05) is 23.8 Å². The van der Waals surface area contributed by atoms with E-state index in [1.807, 2.05) is 42.3 Å². The minimum absolute atomic E-state index is 0.0853. The maximum atomic E-state index is 13.0. The van der Waals surface area contributed by atoms with Crippen LogP contribution in [0, 0.1) is 0 Å². The van der Waals surface area contributed by atoms with Gasteiger partial charge in [-0.2, -0.15) is 0 Å². The van der Waals surface area contributed by atoms with E-state index in [1.54, 1.807) is 12.1 Å². The Morgan fingerprint density at radius 1 is 1.11 bits per heavy atom. The third kappa shape index (κ3) is 3.37. The first-order chi connectivity index (χ1) is 13.6. The van der Waals surface area contributed by atoms with Gasteiger partial charge in [0.05, 0.1) is 11.3 Å². The highest BCUT2D eigenvalue weighted by Gasteiger charge is 2.36. The molecule has 0 unspecified atom stereocenters. The molecular weight excluding hydrogens is 350 g/mol. The number of aryl methyl sites for hydroxylation is 1. The van der Waals surface area contributed by atoms with Crippen molar-refractivity contribution >= 4 is 23.2 Å². The van der Waals surface area contributed by atoms with Crippen molar-refractivity contribution in [2.45, 2.75) is 45.2 Å². The number of hydrogen-bond acceptors (Lipinski definition) is 3. The standard InChI is InChI=1S/C23H27N3O2/c1-3-16-8-11-18(12-9-16)24-22(27)17-10-13-19-20(15-17)25(2)21-7-5-4-6-14-26(21)23(19)28/h8-13,15,21H,3-7,14H2,1-2H3,(H,24,27)/t21-/m1/s1. The van der Waals surface area contributed by atoms with Crippen molar-refractivity contribution in [3.63, 3.8) is 0 Å². The molecule has 2 aliphatic heterocycles. The Morgan fingerprint density at radius 2 is 1.89 bits per heavy atom. The van der Waals surface area contributed by atoms with Crippen molar-refractivity contribution in [2.24, 2.45) is 0 Å². The van der Waals surface area contributed by atoms with E-state index >= 15 is 0 Å². The maximum Gasteiger partial charge on any atom is 0.257 e. The molecule has 1 saturated heterocycles.